The van der Waals surface area contributed by atoms with Crippen molar-refractivity contribution in [2.45, 2.75) is 39.7 Å². The van der Waals surface area contributed by atoms with E-state index in [2.05, 4.69) is 17.6 Å². The molecule has 2 amide bonds. The minimum Gasteiger partial charge on any atom is -0.457 e. The minimum atomic E-state index is -0.211. The summed E-state index contributed by atoms with van der Waals surface area (Å²) in [7, 11) is 1.62. The van der Waals surface area contributed by atoms with Crippen LogP contribution in [0.4, 0.5) is 16.2 Å². The number of nitrogens with two attached hydrogens (primary N) is 1. The molecule has 27 heavy (non-hydrogen) atoms. The van der Waals surface area contributed by atoms with Gasteiger partial charge in [0.2, 0.25) is 0 Å². The van der Waals surface area contributed by atoms with Crippen LogP contribution in [0, 0.1) is 6.92 Å². The van der Waals surface area contributed by atoms with Crippen LogP contribution in [0.25, 0.3) is 0 Å². The van der Waals surface area contributed by atoms with Crippen LogP contribution in [0.5, 0.6) is 11.5 Å². The first-order valence-electron chi connectivity index (χ1n) is 9.24. The molecule has 0 bridgehead atoms. The molecule has 0 radical (unpaired) electrons. The second-order valence-electron chi connectivity index (χ2n) is 6.47. The van der Waals surface area contributed by atoms with Gasteiger partial charge in [0.05, 0.1) is 6.61 Å². The van der Waals surface area contributed by atoms with Gasteiger partial charge in [-0.25, -0.2) is 4.79 Å². The van der Waals surface area contributed by atoms with Crippen LogP contribution in [0.1, 0.15) is 37.3 Å². The van der Waals surface area contributed by atoms with E-state index in [1.165, 1.54) is 0 Å². The van der Waals surface area contributed by atoms with Crippen molar-refractivity contribution in [2.24, 2.45) is 0 Å². The van der Waals surface area contributed by atoms with E-state index in [1.54, 1.807) is 13.2 Å². The molecule has 6 nitrogen and oxygen atoms in total. The van der Waals surface area contributed by atoms with E-state index in [0.29, 0.717) is 30.3 Å². The van der Waals surface area contributed by atoms with Crippen LogP contribution < -0.4 is 21.1 Å². The lowest BCUT2D eigenvalue weighted by Crippen LogP contribution is -2.29. The number of nitrogens with one attached hydrogen (secondary N) is 2. The number of rotatable bonds is 9. The normalized spacial score (nSPS) is 10.5. The molecule has 0 atom stereocenters. The Morgan fingerprint density at radius 1 is 1.11 bits per heavy atom. The second-order valence-corrected chi connectivity index (χ2v) is 6.47. The van der Waals surface area contributed by atoms with Gasteiger partial charge < -0.3 is 25.8 Å². The number of nitrogen functional groups attached to an aromatic ring is 1. The molecule has 2 aromatic rings. The summed E-state index contributed by atoms with van der Waals surface area (Å²) in [5.74, 6) is 1.41. The van der Waals surface area contributed by atoms with Crippen LogP contribution >= 0.6 is 0 Å². The van der Waals surface area contributed by atoms with Crippen molar-refractivity contribution in [1.82, 2.24) is 5.32 Å². The first kappa shape index (κ1) is 20.6. The van der Waals surface area contributed by atoms with E-state index >= 15 is 0 Å². The van der Waals surface area contributed by atoms with Crippen molar-refractivity contribution in [1.29, 1.82) is 0 Å². The van der Waals surface area contributed by atoms with Gasteiger partial charge in [0.15, 0.2) is 0 Å². The molecular weight excluding hydrogens is 342 g/mol. The number of amides is 2. The largest absolute Gasteiger partial charge is 0.457 e. The van der Waals surface area contributed by atoms with Crippen LogP contribution in [-0.4, -0.2) is 19.7 Å². The van der Waals surface area contributed by atoms with E-state index in [0.717, 1.165) is 36.1 Å². The minimum absolute atomic E-state index is 0.211. The summed E-state index contributed by atoms with van der Waals surface area (Å²) in [6.45, 7) is 5.12. The molecule has 0 saturated heterocycles. The molecule has 146 valence electrons. The fourth-order valence-corrected chi connectivity index (χ4v) is 2.68. The molecule has 0 aliphatic carbocycles. The van der Waals surface area contributed by atoms with Crippen LogP contribution in [0.2, 0.25) is 0 Å². The van der Waals surface area contributed by atoms with E-state index in [4.69, 9.17) is 15.2 Å². The molecule has 0 unspecified atom stereocenters. The predicted octanol–water partition coefficient (Wildman–Crippen LogP) is 4.83. The molecule has 0 aromatic heterocycles. The number of hydrogen-bond donors (Lipinski definition) is 3. The summed E-state index contributed by atoms with van der Waals surface area (Å²) in [5, 5.41) is 5.71. The number of methoxy groups -OCH3 is 1. The van der Waals surface area contributed by atoms with Crippen molar-refractivity contribution in [3.05, 3.63) is 47.5 Å². The summed E-state index contributed by atoms with van der Waals surface area (Å²) >= 11 is 0. The molecule has 2 aromatic carbocycles. The van der Waals surface area contributed by atoms with E-state index in [1.807, 2.05) is 37.3 Å². The third-order valence-electron chi connectivity index (χ3n) is 4.10. The van der Waals surface area contributed by atoms with E-state index in [-0.39, 0.29) is 6.03 Å². The number of unbranched alkanes of at least 4 members (excludes halogenated alkanes) is 2. The van der Waals surface area contributed by atoms with Crippen molar-refractivity contribution in [3.63, 3.8) is 0 Å². The van der Waals surface area contributed by atoms with Gasteiger partial charge in [-0.15, -0.1) is 0 Å². The maximum Gasteiger partial charge on any atom is 0.319 e. The maximum atomic E-state index is 12.0. The lowest BCUT2D eigenvalue weighted by atomic mass is 10.1. The Morgan fingerprint density at radius 2 is 1.89 bits per heavy atom. The predicted molar refractivity (Wildman–Crippen MR) is 109 cm³/mol. The van der Waals surface area contributed by atoms with Crippen molar-refractivity contribution < 1.29 is 14.3 Å². The Balaban J connectivity index is 2.08. The zero-order chi connectivity index (χ0) is 19.6. The zero-order valence-electron chi connectivity index (χ0n) is 16.3. The standard InChI is InChI=1S/C21H29N3O3/c1-4-5-6-11-23-21(25)24-18-8-10-20(16(13-18)14-26-3)27-19-9-7-17(22)12-15(19)2/h7-10,12-13H,4-6,11,14,22H2,1-3H3,(H2,23,24,25). The Hall–Kier alpha value is -2.73. The molecule has 0 fully saturated rings. The lowest BCUT2D eigenvalue weighted by molar-refractivity contribution is 0.182. The molecular formula is C21H29N3O3. The Bertz CT molecular complexity index is 762. The summed E-state index contributed by atoms with van der Waals surface area (Å²) < 4.78 is 11.3. The van der Waals surface area contributed by atoms with Gasteiger partial charge in [-0.05, 0) is 55.3 Å². The molecule has 2 rings (SSSR count). The fourth-order valence-electron chi connectivity index (χ4n) is 2.68. The van der Waals surface area contributed by atoms with Crippen LogP contribution in [0.15, 0.2) is 36.4 Å². The average Bonchev–Trinajstić information content (AvgIpc) is 2.63. The number of carbonyl (C=O) groups is 1. The monoisotopic (exact) mass is 371 g/mol. The highest BCUT2D eigenvalue weighted by atomic mass is 16.5. The number of carbonyl (C=O) groups excluding carboxylic acids is 1. The third kappa shape index (κ3) is 6.49. The second kappa shape index (κ2) is 10.4. The number of urea groups is 1. The lowest BCUT2D eigenvalue weighted by Gasteiger charge is -2.15. The van der Waals surface area contributed by atoms with Gasteiger partial charge in [0, 0.05) is 30.6 Å². The average molecular weight is 371 g/mol. The van der Waals surface area contributed by atoms with E-state index < -0.39 is 0 Å². The van der Waals surface area contributed by atoms with Gasteiger partial charge in [0.1, 0.15) is 11.5 Å². The van der Waals surface area contributed by atoms with Crippen molar-refractivity contribution >= 4 is 17.4 Å². The molecule has 6 heteroatoms. The van der Waals surface area contributed by atoms with E-state index in [9.17, 15) is 4.79 Å². The number of hydrogen-bond acceptors (Lipinski definition) is 4. The highest BCUT2D eigenvalue weighted by molar-refractivity contribution is 5.89. The number of anilines is 2. The smallest absolute Gasteiger partial charge is 0.319 e. The van der Waals surface area contributed by atoms with Gasteiger partial charge >= 0.3 is 6.03 Å². The third-order valence-corrected chi connectivity index (χ3v) is 4.10. The summed E-state index contributed by atoms with van der Waals surface area (Å²) in [5.41, 5.74) is 8.98. The fraction of sp³-hybridized carbons (Fsp3) is 0.381. The van der Waals surface area contributed by atoms with Gasteiger partial charge in [0.25, 0.3) is 0 Å². The number of ether oxygens (including phenoxy) is 2. The first-order chi connectivity index (χ1) is 13.0. The molecule has 0 aliphatic rings. The first-order valence-corrected chi connectivity index (χ1v) is 9.24. The van der Waals surface area contributed by atoms with Crippen molar-refractivity contribution in [2.75, 3.05) is 24.7 Å². The number of aryl methyl sites for hydroxylation is 1. The zero-order valence-corrected chi connectivity index (χ0v) is 16.3. The topological polar surface area (TPSA) is 85.6 Å². The molecule has 4 N–H and O–H groups in total. The Labute approximate surface area is 161 Å². The summed E-state index contributed by atoms with van der Waals surface area (Å²) in [6, 6.07) is 10.8. The molecule has 0 heterocycles. The van der Waals surface area contributed by atoms with Gasteiger partial charge in [-0.2, -0.15) is 0 Å². The Kier molecular flexibility index (Phi) is 7.95. The van der Waals surface area contributed by atoms with Crippen LogP contribution in [-0.2, 0) is 11.3 Å². The molecule has 0 saturated carbocycles. The highest BCUT2D eigenvalue weighted by Crippen LogP contribution is 2.31. The highest BCUT2D eigenvalue weighted by Gasteiger charge is 2.10. The van der Waals surface area contributed by atoms with Crippen LogP contribution in [0.3, 0.4) is 0 Å². The van der Waals surface area contributed by atoms with Crippen molar-refractivity contribution in [3.8, 4) is 11.5 Å². The summed E-state index contributed by atoms with van der Waals surface area (Å²) in [4.78, 5) is 12.0. The van der Waals surface area contributed by atoms with Gasteiger partial charge in [-0.1, -0.05) is 19.8 Å². The SMILES string of the molecule is CCCCCNC(=O)Nc1ccc(Oc2ccc(N)cc2C)c(COC)c1. The molecule has 0 aliphatic heterocycles. The number of benzene rings is 2. The quantitative estimate of drug-likeness (QED) is 0.435. The van der Waals surface area contributed by atoms with Gasteiger partial charge in [-0.3, -0.25) is 0 Å². The maximum absolute atomic E-state index is 12.0. The molecule has 0 spiro atoms. The summed E-state index contributed by atoms with van der Waals surface area (Å²) in [6.07, 6.45) is 3.21. The Morgan fingerprint density at radius 3 is 2.59 bits per heavy atom.